The zero-order valence-corrected chi connectivity index (χ0v) is 10.4. The SMILES string of the molecule is NC(=S)N/N=C(\C(=O)O)c1ccccc1Br. The van der Waals surface area contributed by atoms with Gasteiger partial charge in [0.2, 0.25) is 0 Å². The molecule has 1 aromatic carbocycles. The van der Waals surface area contributed by atoms with Gasteiger partial charge in [0.25, 0.3) is 0 Å². The number of carbonyl (C=O) groups is 1. The van der Waals surface area contributed by atoms with Crippen LogP contribution in [0.4, 0.5) is 0 Å². The Bertz CT molecular complexity index is 462. The van der Waals surface area contributed by atoms with Gasteiger partial charge in [-0.3, -0.25) is 5.43 Å². The number of hydrazone groups is 1. The first-order chi connectivity index (χ1) is 7.52. The molecule has 0 fully saturated rings. The highest BCUT2D eigenvalue weighted by molar-refractivity contribution is 9.10. The van der Waals surface area contributed by atoms with Crippen LogP contribution in [0.5, 0.6) is 0 Å². The summed E-state index contributed by atoms with van der Waals surface area (Å²) in [5, 5.41) is 12.5. The van der Waals surface area contributed by atoms with Gasteiger partial charge in [0.15, 0.2) is 10.8 Å². The number of aliphatic carboxylic acids is 1. The van der Waals surface area contributed by atoms with E-state index in [0.29, 0.717) is 10.0 Å². The van der Waals surface area contributed by atoms with Gasteiger partial charge in [-0.15, -0.1) is 0 Å². The number of nitrogens with zero attached hydrogens (tertiary/aromatic N) is 1. The van der Waals surface area contributed by atoms with Crippen molar-refractivity contribution in [2.45, 2.75) is 0 Å². The zero-order valence-electron chi connectivity index (χ0n) is 7.98. The number of nitrogens with two attached hydrogens (primary N) is 1. The molecule has 84 valence electrons. The normalized spacial score (nSPS) is 10.9. The number of hydrogen-bond donors (Lipinski definition) is 3. The molecule has 0 spiro atoms. The molecule has 4 N–H and O–H groups in total. The summed E-state index contributed by atoms with van der Waals surface area (Å²) in [5.74, 6) is -1.17. The number of benzene rings is 1. The van der Waals surface area contributed by atoms with Crippen molar-refractivity contribution in [3.05, 3.63) is 34.3 Å². The molecule has 16 heavy (non-hydrogen) atoms. The second-order valence-electron chi connectivity index (χ2n) is 2.72. The van der Waals surface area contributed by atoms with Crippen molar-refractivity contribution in [3.8, 4) is 0 Å². The molecule has 0 radical (unpaired) electrons. The largest absolute Gasteiger partial charge is 0.476 e. The van der Waals surface area contributed by atoms with Crippen LogP contribution in [0, 0.1) is 0 Å². The minimum atomic E-state index is -1.17. The number of carboxylic acids is 1. The van der Waals surface area contributed by atoms with Gasteiger partial charge in [-0.05, 0) is 18.3 Å². The molecule has 0 saturated carbocycles. The molecule has 1 rings (SSSR count). The van der Waals surface area contributed by atoms with Crippen molar-refractivity contribution >= 4 is 44.9 Å². The Balaban J connectivity index is 3.13. The van der Waals surface area contributed by atoms with Gasteiger partial charge >= 0.3 is 5.97 Å². The predicted molar refractivity (Wildman–Crippen MR) is 68.2 cm³/mol. The third kappa shape index (κ3) is 3.28. The highest BCUT2D eigenvalue weighted by Gasteiger charge is 2.15. The van der Waals surface area contributed by atoms with Crippen LogP contribution in [-0.4, -0.2) is 21.9 Å². The van der Waals surface area contributed by atoms with Crippen LogP contribution < -0.4 is 11.2 Å². The average Bonchev–Trinajstić information content (AvgIpc) is 2.20. The molecule has 0 heterocycles. The minimum absolute atomic E-state index is 0.0918. The van der Waals surface area contributed by atoms with E-state index >= 15 is 0 Å². The first kappa shape index (κ1) is 12.6. The molecule has 1 aromatic rings. The Labute approximate surface area is 105 Å². The zero-order chi connectivity index (χ0) is 12.1. The van der Waals surface area contributed by atoms with Crippen molar-refractivity contribution in [1.29, 1.82) is 0 Å². The summed E-state index contributed by atoms with van der Waals surface area (Å²) in [4.78, 5) is 11.0. The fourth-order valence-corrected chi connectivity index (χ4v) is 1.51. The minimum Gasteiger partial charge on any atom is -0.476 e. The quantitative estimate of drug-likeness (QED) is 0.442. The molecule has 0 bridgehead atoms. The first-order valence-electron chi connectivity index (χ1n) is 4.13. The number of thiocarbonyl (C=S) groups is 1. The van der Waals surface area contributed by atoms with Crippen LogP contribution >= 0.6 is 28.1 Å². The molecule has 0 aliphatic rings. The van der Waals surface area contributed by atoms with E-state index in [4.69, 9.17) is 10.8 Å². The van der Waals surface area contributed by atoms with Gasteiger partial charge in [-0.1, -0.05) is 34.1 Å². The maximum absolute atomic E-state index is 11.0. The van der Waals surface area contributed by atoms with Crippen molar-refractivity contribution in [3.63, 3.8) is 0 Å². The number of carboxylic acid groups (broad SMARTS) is 1. The Morgan fingerprint density at radius 2 is 2.12 bits per heavy atom. The summed E-state index contributed by atoms with van der Waals surface area (Å²) in [5.41, 5.74) is 7.69. The van der Waals surface area contributed by atoms with Crippen LogP contribution in [-0.2, 0) is 4.79 Å². The molecule has 7 heteroatoms. The van der Waals surface area contributed by atoms with Crippen molar-refractivity contribution in [2.24, 2.45) is 10.8 Å². The smallest absolute Gasteiger partial charge is 0.357 e. The fourth-order valence-electron chi connectivity index (χ4n) is 0.988. The Morgan fingerprint density at radius 3 is 2.62 bits per heavy atom. The van der Waals surface area contributed by atoms with Gasteiger partial charge < -0.3 is 10.8 Å². The topological polar surface area (TPSA) is 87.7 Å². The van der Waals surface area contributed by atoms with E-state index in [0.717, 1.165) is 0 Å². The molecule has 0 aliphatic heterocycles. The lowest BCUT2D eigenvalue weighted by Gasteiger charge is -2.04. The first-order valence-corrected chi connectivity index (χ1v) is 5.34. The lowest BCUT2D eigenvalue weighted by atomic mass is 10.1. The summed E-state index contributed by atoms with van der Waals surface area (Å²) in [6.07, 6.45) is 0. The van der Waals surface area contributed by atoms with Crippen LogP contribution in [0.15, 0.2) is 33.8 Å². The van der Waals surface area contributed by atoms with Crippen molar-refractivity contribution in [1.82, 2.24) is 5.43 Å². The number of halogens is 1. The number of hydrogen-bond acceptors (Lipinski definition) is 3. The maximum atomic E-state index is 11.0. The standard InChI is InChI=1S/C9H8BrN3O2S/c10-6-4-2-1-3-5(6)7(8(14)15)12-13-9(11)16/h1-4H,(H,14,15)(H3,11,13,16)/b12-7-. The summed E-state index contributed by atoms with van der Waals surface area (Å²) < 4.78 is 0.626. The highest BCUT2D eigenvalue weighted by atomic mass is 79.9. The van der Waals surface area contributed by atoms with Crippen molar-refractivity contribution in [2.75, 3.05) is 0 Å². The summed E-state index contributed by atoms with van der Waals surface area (Å²) in [6, 6.07) is 6.82. The van der Waals surface area contributed by atoms with E-state index in [9.17, 15) is 4.79 Å². The van der Waals surface area contributed by atoms with Crippen LogP contribution in [0.3, 0.4) is 0 Å². The summed E-state index contributed by atoms with van der Waals surface area (Å²) >= 11 is 7.77. The van der Waals surface area contributed by atoms with Crippen LogP contribution in [0.2, 0.25) is 0 Å². The average molecular weight is 302 g/mol. The summed E-state index contributed by atoms with van der Waals surface area (Å²) in [6.45, 7) is 0. The Morgan fingerprint density at radius 1 is 1.50 bits per heavy atom. The molecule has 0 saturated heterocycles. The van der Waals surface area contributed by atoms with E-state index in [1.54, 1.807) is 24.3 Å². The Hall–Kier alpha value is -1.47. The van der Waals surface area contributed by atoms with E-state index in [-0.39, 0.29) is 10.8 Å². The highest BCUT2D eigenvalue weighted by Crippen LogP contribution is 2.16. The second-order valence-corrected chi connectivity index (χ2v) is 4.02. The lowest BCUT2D eigenvalue weighted by Crippen LogP contribution is -2.28. The van der Waals surface area contributed by atoms with E-state index in [1.165, 1.54) is 0 Å². The third-order valence-electron chi connectivity index (χ3n) is 1.61. The van der Waals surface area contributed by atoms with Gasteiger partial charge in [0.05, 0.1) is 0 Å². The second kappa shape index (κ2) is 5.57. The van der Waals surface area contributed by atoms with E-state index in [2.05, 4.69) is 38.7 Å². The molecule has 0 aromatic heterocycles. The van der Waals surface area contributed by atoms with Gasteiger partial charge in [-0.25, -0.2) is 4.79 Å². The molecule has 0 unspecified atom stereocenters. The van der Waals surface area contributed by atoms with Crippen molar-refractivity contribution < 1.29 is 9.90 Å². The van der Waals surface area contributed by atoms with Gasteiger partial charge in [-0.2, -0.15) is 5.10 Å². The molecular formula is C9H8BrN3O2S. The molecule has 5 nitrogen and oxygen atoms in total. The summed E-state index contributed by atoms with van der Waals surface area (Å²) in [7, 11) is 0. The predicted octanol–water partition coefficient (Wildman–Crippen LogP) is 1.07. The molecule has 0 atom stereocenters. The maximum Gasteiger partial charge on any atom is 0.357 e. The number of nitrogens with one attached hydrogen (secondary N) is 1. The molecule has 0 amide bonds. The fraction of sp³-hybridized carbons (Fsp3) is 0. The molecular weight excluding hydrogens is 294 g/mol. The van der Waals surface area contributed by atoms with Gasteiger partial charge in [0.1, 0.15) is 0 Å². The van der Waals surface area contributed by atoms with Crippen LogP contribution in [0.1, 0.15) is 5.56 Å². The van der Waals surface area contributed by atoms with E-state index < -0.39 is 5.97 Å². The monoisotopic (exact) mass is 301 g/mol. The number of rotatable bonds is 3. The van der Waals surface area contributed by atoms with E-state index in [1.807, 2.05) is 0 Å². The van der Waals surface area contributed by atoms with Crippen LogP contribution in [0.25, 0.3) is 0 Å². The lowest BCUT2D eigenvalue weighted by molar-refractivity contribution is -0.129. The van der Waals surface area contributed by atoms with Gasteiger partial charge in [0, 0.05) is 10.0 Å². The third-order valence-corrected chi connectivity index (χ3v) is 2.39. The molecule has 0 aliphatic carbocycles. The Kier molecular flexibility index (Phi) is 4.39.